The molecule has 1 unspecified atom stereocenters. The lowest BCUT2D eigenvalue weighted by molar-refractivity contribution is -0.138. The molecule has 0 fully saturated rings. The molecule has 1 heterocycles. The minimum absolute atomic E-state index is 0.339. The van der Waals surface area contributed by atoms with Gasteiger partial charge >= 0.3 is 5.97 Å². The molecule has 0 bridgehead atoms. The van der Waals surface area contributed by atoms with Gasteiger partial charge < -0.3 is 9.67 Å². The summed E-state index contributed by atoms with van der Waals surface area (Å²) in [5.74, 6) is -0.954. The number of hydrogen-bond donors (Lipinski definition) is 2. The summed E-state index contributed by atoms with van der Waals surface area (Å²) in [6.45, 7) is 4.86. The number of benzene rings is 2. The fraction of sp³-hybridized carbons (Fsp3) is 0.250. The molecule has 0 aliphatic heterocycles. The first-order chi connectivity index (χ1) is 12.0. The predicted octanol–water partition coefficient (Wildman–Crippen LogP) is 4.05. The number of aliphatic carboxylic acids is 1. The molecule has 3 aromatic rings. The first-order valence-electron chi connectivity index (χ1n) is 8.22. The molecule has 0 saturated carbocycles. The van der Waals surface area contributed by atoms with Gasteiger partial charge in [0.15, 0.2) is 0 Å². The van der Waals surface area contributed by atoms with Gasteiger partial charge in [-0.3, -0.25) is 4.79 Å². The van der Waals surface area contributed by atoms with Crippen molar-refractivity contribution in [3.63, 3.8) is 0 Å². The molecule has 2 N–H and O–H groups in total. The third kappa shape index (κ3) is 3.55. The van der Waals surface area contributed by atoms with E-state index in [0.717, 1.165) is 28.7 Å². The Morgan fingerprint density at radius 3 is 2.48 bits per heavy atom. The number of rotatable bonds is 6. The molecule has 25 heavy (non-hydrogen) atoms. The molecular formula is C20H21ClN2O2. The van der Waals surface area contributed by atoms with Crippen LogP contribution in [0, 0.1) is 13.8 Å². The van der Waals surface area contributed by atoms with Crippen molar-refractivity contribution in [2.24, 2.45) is 0 Å². The van der Waals surface area contributed by atoms with Gasteiger partial charge in [-0.05, 0) is 42.8 Å². The van der Waals surface area contributed by atoms with Gasteiger partial charge in [0.1, 0.15) is 6.04 Å². The number of para-hydroxylation sites is 1. The lowest BCUT2D eigenvalue weighted by atomic mass is 10.0. The first kappa shape index (κ1) is 17.5. The maximum Gasteiger partial charge on any atom is 0.322 e. The van der Waals surface area contributed by atoms with Crippen molar-refractivity contribution >= 4 is 28.6 Å². The summed E-state index contributed by atoms with van der Waals surface area (Å²) < 4.78 is 2.24. The van der Waals surface area contributed by atoms with Crippen LogP contribution in [0.3, 0.4) is 0 Å². The largest absolute Gasteiger partial charge is 0.480 e. The highest BCUT2D eigenvalue weighted by Gasteiger charge is 2.22. The number of carboxylic acid groups (broad SMARTS) is 1. The predicted molar refractivity (Wildman–Crippen MR) is 101 cm³/mol. The van der Waals surface area contributed by atoms with Gasteiger partial charge in [0.2, 0.25) is 0 Å². The molecule has 1 atom stereocenters. The summed E-state index contributed by atoms with van der Waals surface area (Å²) in [5, 5.41) is 10.4. The standard InChI is InChI=1S/C20H21ClN2O2/c1-13-7-9-15(10-8-13)12-23-14(2)17(11-18(22-21)20(24)25)16-5-3-4-6-19(16)23/h3-10,18,22H,11-12H2,1-2H3,(H,24,25). The van der Waals surface area contributed by atoms with Crippen LogP contribution in [0.15, 0.2) is 48.5 Å². The molecule has 2 aromatic carbocycles. The maximum atomic E-state index is 11.4. The number of aromatic nitrogens is 1. The van der Waals surface area contributed by atoms with E-state index in [1.165, 1.54) is 11.1 Å². The highest BCUT2D eigenvalue weighted by molar-refractivity contribution is 6.14. The molecule has 5 heteroatoms. The van der Waals surface area contributed by atoms with Crippen LogP contribution in [0.25, 0.3) is 10.9 Å². The summed E-state index contributed by atoms with van der Waals surface area (Å²) in [6.07, 6.45) is 0.339. The Labute approximate surface area is 152 Å². The topological polar surface area (TPSA) is 54.3 Å². The third-order valence-electron chi connectivity index (χ3n) is 4.66. The van der Waals surface area contributed by atoms with Crippen LogP contribution in [0.5, 0.6) is 0 Å². The van der Waals surface area contributed by atoms with Crippen molar-refractivity contribution in [2.75, 3.05) is 0 Å². The maximum absolute atomic E-state index is 11.4. The molecule has 3 rings (SSSR count). The molecule has 0 spiro atoms. The fourth-order valence-electron chi connectivity index (χ4n) is 3.22. The van der Waals surface area contributed by atoms with Crippen LogP contribution in [0.1, 0.15) is 22.4 Å². The lowest BCUT2D eigenvalue weighted by Crippen LogP contribution is -2.32. The molecule has 130 valence electrons. The Hall–Kier alpha value is -2.30. The third-order valence-corrected chi connectivity index (χ3v) is 4.92. The van der Waals surface area contributed by atoms with E-state index in [1.54, 1.807) is 0 Å². The number of aryl methyl sites for hydroxylation is 1. The van der Waals surface area contributed by atoms with E-state index in [1.807, 2.05) is 25.1 Å². The van der Waals surface area contributed by atoms with E-state index in [4.69, 9.17) is 11.8 Å². The monoisotopic (exact) mass is 356 g/mol. The van der Waals surface area contributed by atoms with Crippen LogP contribution >= 0.6 is 11.8 Å². The van der Waals surface area contributed by atoms with Crippen LogP contribution in [0.4, 0.5) is 0 Å². The van der Waals surface area contributed by atoms with Gasteiger partial charge in [0.05, 0.1) is 0 Å². The fourth-order valence-corrected chi connectivity index (χ4v) is 3.39. The van der Waals surface area contributed by atoms with E-state index in [0.29, 0.717) is 6.42 Å². The van der Waals surface area contributed by atoms with Crippen LogP contribution in [0.2, 0.25) is 0 Å². The molecular weight excluding hydrogens is 336 g/mol. The van der Waals surface area contributed by atoms with Gasteiger partial charge in [0, 0.05) is 29.6 Å². The van der Waals surface area contributed by atoms with Gasteiger partial charge in [-0.1, -0.05) is 48.0 Å². The van der Waals surface area contributed by atoms with Crippen molar-refractivity contribution in [3.05, 3.63) is 70.9 Å². The Balaban J connectivity index is 2.05. The molecule has 4 nitrogen and oxygen atoms in total. The number of halogens is 1. The average Bonchev–Trinajstić information content (AvgIpc) is 2.86. The number of hydrogen-bond acceptors (Lipinski definition) is 2. The SMILES string of the molecule is Cc1ccc(Cn2c(C)c(CC(NCl)C(=O)O)c3ccccc32)cc1. The second kappa shape index (κ2) is 7.30. The molecule has 1 aromatic heterocycles. The zero-order valence-electron chi connectivity index (χ0n) is 14.3. The highest BCUT2D eigenvalue weighted by atomic mass is 35.5. The lowest BCUT2D eigenvalue weighted by Gasteiger charge is -2.12. The minimum atomic E-state index is -0.954. The zero-order valence-corrected chi connectivity index (χ0v) is 15.0. The Bertz CT molecular complexity index is 900. The average molecular weight is 357 g/mol. The Morgan fingerprint density at radius 2 is 1.84 bits per heavy atom. The van der Waals surface area contributed by atoms with Crippen molar-refractivity contribution in [3.8, 4) is 0 Å². The summed E-state index contributed by atoms with van der Waals surface area (Å²) in [4.78, 5) is 13.7. The molecule has 0 saturated heterocycles. The molecule has 0 radical (unpaired) electrons. The van der Waals surface area contributed by atoms with E-state index in [2.05, 4.69) is 46.7 Å². The second-order valence-electron chi connectivity index (χ2n) is 6.36. The van der Waals surface area contributed by atoms with E-state index >= 15 is 0 Å². The van der Waals surface area contributed by atoms with E-state index in [-0.39, 0.29) is 0 Å². The van der Waals surface area contributed by atoms with Crippen molar-refractivity contribution in [1.29, 1.82) is 0 Å². The van der Waals surface area contributed by atoms with Gasteiger partial charge in [0.25, 0.3) is 0 Å². The minimum Gasteiger partial charge on any atom is -0.480 e. The first-order valence-corrected chi connectivity index (χ1v) is 8.60. The number of nitrogens with one attached hydrogen (secondary N) is 1. The summed E-state index contributed by atoms with van der Waals surface area (Å²) in [6, 6.07) is 15.7. The smallest absolute Gasteiger partial charge is 0.322 e. The Kier molecular flexibility index (Phi) is 5.11. The van der Waals surface area contributed by atoms with Gasteiger partial charge in [-0.2, -0.15) is 0 Å². The van der Waals surface area contributed by atoms with Gasteiger partial charge in [-0.15, -0.1) is 0 Å². The highest BCUT2D eigenvalue weighted by Crippen LogP contribution is 2.28. The number of fused-ring (bicyclic) bond motifs is 1. The number of nitrogens with zero attached hydrogens (tertiary/aromatic N) is 1. The summed E-state index contributed by atoms with van der Waals surface area (Å²) in [5.41, 5.74) is 5.64. The van der Waals surface area contributed by atoms with Crippen LogP contribution in [-0.2, 0) is 17.8 Å². The van der Waals surface area contributed by atoms with Crippen molar-refractivity contribution in [1.82, 2.24) is 9.40 Å². The Morgan fingerprint density at radius 1 is 1.16 bits per heavy atom. The molecule has 0 aliphatic carbocycles. The molecule has 0 aliphatic rings. The van der Waals surface area contributed by atoms with Crippen molar-refractivity contribution < 1.29 is 9.90 Å². The number of carbonyl (C=O) groups is 1. The normalized spacial score (nSPS) is 12.4. The second-order valence-corrected chi connectivity index (χ2v) is 6.58. The van der Waals surface area contributed by atoms with E-state index in [9.17, 15) is 9.90 Å². The summed E-state index contributed by atoms with van der Waals surface area (Å²) >= 11 is 5.63. The zero-order chi connectivity index (χ0) is 18.0. The number of carboxylic acids is 1. The molecule has 0 amide bonds. The quantitative estimate of drug-likeness (QED) is 0.655. The van der Waals surface area contributed by atoms with E-state index < -0.39 is 12.0 Å². The van der Waals surface area contributed by atoms with Crippen molar-refractivity contribution in [2.45, 2.75) is 32.9 Å². The van der Waals surface area contributed by atoms with Crippen LogP contribution < -0.4 is 4.84 Å². The summed E-state index contributed by atoms with van der Waals surface area (Å²) in [7, 11) is 0. The van der Waals surface area contributed by atoms with Crippen LogP contribution in [-0.4, -0.2) is 21.7 Å². The van der Waals surface area contributed by atoms with Gasteiger partial charge in [-0.25, -0.2) is 4.84 Å².